The normalized spacial score (nSPS) is 20.3. The van der Waals surface area contributed by atoms with Gasteiger partial charge in [-0.05, 0) is 58.4 Å². The summed E-state index contributed by atoms with van der Waals surface area (Å²) in [6.45, 7) is 16.9. The highest BCUT2D eigenvalue weighted by Gasteiger charge is 2.36. The van der Waals surface area contributed by atoms with Crippen LogP contribution in [-0.2, 0) is 19.1 Å². The van der Waals surface area contributed by atoms with Gasteiger partial charge < -0.3 is 15.0 Å². The molecular weight excluding hydrogens is 418 g/mol. The fourth-order valence-corrected chi connectivity index (χ4v) is 4.45. The van der Waals surface area contributed by atoms with Gasteiger partial charge in [-0.1, -0.05) is 47.1 Å². The topological polar surface area (TPSA) is 79.0 Å². The Balaban J connectivity index is 3.07. The monoisotopic (exact) mass is 465 g/mol. The molecule has 1 N–H and O–H groups in total. The second-order valence-corrected chi connectivity index (χ2v) is 9.99. The molecule has 7 heteroatoms. The Bertz CT molecular complexity index is 689. The van der Waals surface area contributed by atoms with E-state index in [-0.39, 0.29) is 41.7 Å². The molecule has 1 saturated heterocycles. The number of carbonyl (C=O) groups is 3. The SMILES string of the molecule is CCOC(=O)C(C)=C[C@H](C(C)C)N(C)C(=O)C(NC(=O)C1CCCCN1C(C)CC)C(C)C. The summed E-state index contributed by atoms with van der Waals surface area (Å²) in [6, 6.07) is -0.773. The highest BCUT2D eigenvalue weighted by atomic mass is 16.5. The standard InChI is InChI=1S/C26H47N3O4/c1-10-20(8)29-15-13-12-14-21(29)24(30)27-23(18(5)6)25(31)28(9)22(17(3)4)16-19(7)26(32)33-11-2/h16-18,20-23H,10-15H2,1-9H3,(H,27,30)/t20?,21?,22-,23?/m1/s1. The van der Waals surface area contributed by atoms with E-state index in [1.165, 1.54) is 0 Å². The fourth-order valence-electron chi connectivity index (χ4n) is 4.45. The van der Waals surface area contributed by atoms with Gasteiger partial charge in [0.25, 0.3) is 0 Å². The molecule has 33 heavy (non-hydrogen) atoms. The molecular formula is C26H47N3O4. The summed E-state index contributed by atoms with van der Waals surface area (Å²) in [5.41, 5.74) is 0.478. The van der Waals surface area contributed by atoms with E-state index in [9.17, 15) is 14.4 Å². The Labute approximate surface area is 201 Å². The zero-order valence-corrected chi connectivity index (χ0v) is 22.3. The third-order valence-electron chi connectivity index (χ3n) is 6.73. The van der Waals surface area contributed by atoms with E-state index in [1.54, 1.807) is 31.9 Å². The number of nitrogens with zero attached hydrogens (tertiary/aromatic N) is 2. The summed E-state index contributed by atoms with van der Waals surface area (Å²) in [7, 11) is 1.75. The minimum absolute atomic E-state index is 0.0604. The Kier molecular flexibility index (Phi) is 12.1. The van der Waals surface area contributed by atoms with Gasteiger partial charge in [0.2, 0.25) is 11.8 Å². The van der Waals surface area contributed by atoms with Crippen molar-refractivity contribution in [1.82, 2.24) is 15.1 Å². The van der Waals surface area contributed by atoms with Crippen LogP contribution in [0.25, 0.3) is 0 Å². The number of ether oxygens (including phenoxy) is 1. The van der Waals surface area contributed by atoms with E-state index < -0.39 is 6.04 Å². The molecule has 1 aliphatic heterocycles. The van der Waals surface area contributed by atoms with E-state index in [2.05, 4.69) is 24.1 Å². The number of hydrogen-bond acceptors (Lipinski definition) is 5. The number of nitrogens with one attached hydrogen (secondary N) is 1. The lowest BCUT2D eigenvalue weighted by Gasteiger charge is -2.40. The number of hydrogen-bond donors (Lipinski definition) is 1. The van der Waals surface area contributed by atoms with Crippen molar-refractivity contribution in [3.8, 4) is 0 Å². The zero-order chi connectivity index (χ0) is 25.3. The fraction of sp³-hybridized carbons (Fsp3) is 0.808. The first-order chi connectivity index (χ1) is 15.5. The summed E-state index contributed by atoms with van der Waals surface area (Å²) in [5, 5.41) is 3.08. The Morgan fingerprint density at radius 1 is 1.09 bits per heavy atom. The van der Waals surface area contributed by atoms with Crippen molar-refractivity contribution in [3.05, 3.63) is 11.6 Å². The van der Waals surface area contributed by atoms with Crippen LogP contribution in [0.4, 0.5) is 0 Å². The van der Waals surface area contributed by atoms with Crippen LogP contribution in [0.3, 0.4) is 0 Å². The maximum Gasteiger partial charge on any atom is 0.333 e. The minimum atomic E-state index is -0.624. The van der Waals surface area contributed by atoms with Crippen LogP contribution in [0.5, 0.6) is 0 Å². The van der Waals surface area contributed by atoms with Crippen LogP contribution in [0.2, 0.25) is 0 Å². The first kappa shape index (κ1) is 29.1. The van der Waals surface area contributed by atoms with Gasteiger partial charge in [-0.25, -0.2) is 4.79 Å². The highest BCUT2D eigenvalue weighted by molar-refractivity contribution is 5.91. The molecule has 0 aromatic rings. The van der Waals surface area contributed by atoms with Crippen LogP contribution in [0.1, 0.15) is 81.1 Å². The highest BCUT2D eigenvalue weighted by Crippen LogP contribution is 2.22. The average molecular weight is 466 g/mol. The molecule has 1 fully saturated rings. The van der Waals surface area contributed by atoms with Crippen LogP contribution in [0.15, 0.2) is 11.6 Å². The van der Waals surface area contributed by atoms with Crippen LogP contribution in [-0.4, -0.2) is 72.0 Å². The summed E-state index contributed by atoms with van der Waals surface area (Å²) in [6.07, 6.45) is 5.73. The number of rotatable bonds is 11. The Hall–Kier alpha value is -1.89. The van der Waals surface area contributed by atoms with Crippen molar-refractivity contribution in [1.29, 1.82) is 0 Å². The number of amides is 2. The lowest BCUT2D eigenvalue weighted by molar-refractivity contribution is -0.140. The van der Waals surface area contributed by atoms with Crippen molar-refractivity contribution in [2.75, 3.05) is 20.2 Å². The predicted molar refractivity (Wildman–Crippen MR) is 133 cm³/mol. The molecule has 1 aliphatic rings. The van der Waals surface area contributed by atoms with Gasteiger partial charge in [-0.3, -0.25) is 14.5 Å². The van der Waals surface area contributed by atoms with Gasteiger partial charge in [0.05, 0.1) is 18.7 Å². The molecule has 1 rings (SSSR count). The molecule has 0 aliphatic carbocycles. The second-order valence-electron chi connectivity index (χ2n) is 9.99. The number of likely N-dealkylation sites (N-methyl/N-ethyl adjacent to an activating group) is 1. The molecule has 0 saturated carbocycles. The molecule has 1 heterocycles. The Morgan fingerprint density at radius 2 is 1.73 bits per heavy atom. The van der Waals surface area contributed by atoms with Crippen molar-refractivity contribution < 1.29 is 19.1 Å². The van der Waals surface area contributed by atoms with Crippen LogP contribution >= 0.6 is 0 Å². The van der Waals surface area contributed by atoms with Gasteiger partial charge in [0.15, 0.2) is 0 Å². The van der Waals surface area contributed by atoms with Crippen molar-refractivity contribution in [3.63, 3.8) is 0 Å². The van der Waals surface area contributed by atoms with Gasteiger partial charge >= 0.3 is 5.97 Å². The molecule has 0 aromatic heterocycles. The molecule has 4 atom stereocenters. The van der Waals surface area contributed by atoms with Gasteiger partial charge in [-0.15, -0.1) is 0 Å². The smallest absolute Gasteiger partial charge is 0.333 e. The molecule has 0 radical (unpaired) electrons. The van der Waals surface area contributed by atoms with E-state index in [0.717, 1.165) is 32.2 Å². The number of esters is 1. The number of likely N-dealkylation sites (tertiary alicyclic amines) is 1. The van der Waals surface area contributed by atoms with Crippen molar-refractivity contribution in [2.24, 2.45) is 11.8 Å². The Morgan fingerprint density at radius 3 is 2.24 bits per heavy atom. The predicted octanol–water partition coefficient (Wildman–Crippen LogP) is 3.77. The van der Waals surface area contributed by atoms with E-state index in [4.69, 9.17) is 4.74 Å². The molecule has 3 unspecified atom stereocenters. The molecule has 0 bridgehead atoms. The summed E-state index contributed by atoms with van der Waals surface area (Å²) >= 11 is 0. The summed E-state index contributed by atoms with van der Waals surface area (Å²) in [5.74, 6) is -0.552. The van der Waals surface area contributed by atoms with Gasteiger partial charge in [0, 0.05) is 18.7 Å². The quantitative estimate of drug-likeness (QED) is 0.371. The maximum absolute atomic E-state index is 13.5. The molecule has 2 amide bonds. The molecule has 7 nitrogen and oxygen atoms in total. The van der Waals surface area contributed by atoms with Crippen LogP contribution < -0.4 is 5.32 Å². The zero-order valence-electron chi connectivity index (χ0n) is 22.3. The van der Waals surface area contributed by atoms with Crippen LogP contribution in [0, 0.1) is 11.8 Å². The maximum atomic E-state index is 13.5. The van der Waals surface area contributed by atoms with Gasteiger partial charge in [0.1, 0.15) is 6.04 Å². The van der Waals surface area contributed by atoms with E-state index in [0.29, 0.717) is 18.2 Å². The van der Waals surface area contributed by atoms with E-state index >= 15 is 0 Å². The molecule has 0 spiro atoms. The number of piperidine rings is 1. The van der Waals surface area contributed by atoms with Gasteiger partial charge in [-0.2, -0.15) is 0 Å². The lowest BCUT2D eigenvalue weighted by Crippen LogP contribution is -2.59. The minimum Gasteiger partial charge on any atom is -0.463 e. The summed E-state index contributed by atoms with van der Waals surface area (Å²) in [4.78, 5) is 42.9. The molecule has 0 aromatic carbocycles. The third-order valence-corrected chi connectivity index (χ3v) is 6.73. The van der Waals surface area contributed by atoms with Crippen molar-refractivity contribution >= 4 is 17.8 Å². The largest absolute Gasteiger partial charge is 0.463 e. The summed E-state index contributed by atoms with van der Waals surface area (Å²) < 4.78 is 5.10. The second kappa shape index (κ2) is 13.7. The van der Waals surface area contributed by atoms with Crippen molar-refractivity contribution in [2.45, 2.75) is 105 Å². The van der Waals surface area contributed by atoms with E-state index in [1.807, 2.05) is 27.7 Å². The molecule has 190 valence electrons. The number of carbonyl (C=O) groups excluding carboxylic acids is 3. The lowest BCUT2D eigenvalue weighted by atomic mass is 9.95. The third kappa shape index (κ3) is 8.13. The first-order valence-corrected chi connectivity index (χ1v) is 12.6. The average Bonchev–Trinajstić information content (AvgIpc) is 2.78. The first-order valence-electron chi connectivity index (χ1n) is 12.6.